The van der Waals surface area contributed by atoms with Gasteiger partial charge in [0.25, 0.3) is 0 Å². The number of hydrogen-bond acceptors (Lipinski definition) is 2. The Morgan fingerprint density at radius 2 is 2.43 bits per heavy atom. The molecule has 0 spiro atoms. The fourth-order valence-corrected chi connectivity index (χ4v) is 1.03. The van der Waals surface area contributed by atoms with Crippen LogP contribution in [0.4, 0.5) is 4.39 Å². The lowest BCUT2D eigenvalue weighted by Gasteiger charge is -1.99. The van der Waals surface area contributed by atoms with Crippen molar-refractivity contribution >= 4 is 0 Å². The molecule has 0 radical (unpaired) electrons. The van der Waals surface area contributed by atoms with Crippen molar-refractivity contribution in [2.75, 3.05) is 0 Å². The first-order valence-electron chi connectivity index (χ1n) is 4.60. The van der Waals surface area contributed by atoms with Crippen LogP contribution in [0.1, 0.15) is 25.3 Å². The maximum absolute atomic E-state index is 13.0. The second-order valence-corrected chi connectivity index (χ2v) is 3.02. The van der Waals surface area contributed by atoms with Crippen LogP contribution >= 0.6 is 0 Å². The number of nitrogens with zero attached hydrogens (tertiary/aromatic N) is 1. The van der Waals surface area contributed by atoms with Gasteiger partial charge in [0, 0.05) is 6.20 Å². The molecule has 0 bridgehead atoms. The number of hydrogen-bond donors (Lipinski definition) is 1. The van der Waals surface area contributed by atoms with Crippen molar-refractivity contribution in [3.05, 3.63) is 29.8 Å². The minimum absolute atomic E-state index is 0.174. The van der Waals surface area contributed by atoms with Gasteiger partial charge in [-0.15, -0.1) is 0 Å². The van der Waals surface area contributed by atoms with Crippen LogP contribution in [0.3, 0.4) is 0 Å². The first-order chi connectivity index (χ1) is 6.74. The molecule has 0 aliphatic heterocycles. The highest BCUT2D eigenvalue weighted by atomic mass is 19.1. The highest BCUT2D eigenvalue weighted by molar-refractivity contribution is 5.34. The summed E-state index contributed by atoms with van der Waals surface area (Å²) >= 11 is 0. The topological polar surface area (TPSA) is 38.9 Å². The molecule has 0 saturated heterocycles. The standard InChI is InChI=1S/C11H13FN2/c1-2-3-10(13)5-4-9-6-7-14-8-11(9)12/h6-8,10H,2-3,13H2,1H3. The van der Waals surface area contributed by atoms with Crippen molar-refractivity contribution in [1.29, 1.82) is 0 Å². The van der Waals surface area contributed by atoms with Gasteiger partial charge in [-0.05, 0) is 12.5 Å². The normalized spacial score (nSPS) is 11.6. The molecule has 1 aromatic rings. The van der Waals surface area contributed by atoms with Crippen molar-refractivity contribution < 1.29 is 4.39 Å². The van der Waals surface area contributed by atoms with E-state index in [1.165, 1.54) is 6.20 Å². The quantitative estimate of drug-likeness (QED) is 0.724. The first kappa shape index (κ1) is 10.7. The van der Waals surface area contributed by atoms with Crippen LogP contribution in [0.5, 0.6) is 0 Å². The van der Waals surface area contributed by atoms with E-state index >= 15 is 0 Å². The number of nitrogens with two attached hydrogens (primary N) is 1. The van der Waals surface area contributed by atoms with Crippen LogP contribution in [0, 0.1) is 17.7 Å². The molecule has 1 unspecified atom stereocenters. The van der Waals surface area contributed by atoms with Crippen LogP contribution in [-0.4, -0.2) is 11.0 Å². The molecule has 1 atom stereocenters. The summed E-state index contributed by atoms with van der Waals surface area (Å²) in [6.45, 7) is 2.04. The van der Waals surface area contributed by atoms with Crippen LogP contribution < -0.4 is 5.73 Å². The molecular weight excluding hydrogens is 179 g/mol. The van der Waals surface area contributed by atoms with Crippen LogP contribution in [0.15, 0.2) is 18.5 Å². The molecule has 0 amide bonds. The van der Waals surface area contributed by atoms with Crippen molar-refractivity contribution in [3.8, 4) is 11.8 Å². The predicted octanol–water partition coefficient (Wildman–Crippen LogP) is 1.70. The van der Waals surface area contributed by atoms with Gasteiger partial charge >= 0.3 is 0 Å². The van der Waals surface area contributed by atoms with Gasteiger partial charge in [-0.3, -0.25) is 4.98 Å². The van der Waals surface area contributed by atoms with Crippen LogP contribution in [0.2, 0.25) is 0 Å². The third-order valence-corrected chi connectivity index (χ3v) is 1.76. The smallest absolute Gasteiger partial charge is 0.157 e. The maximum atomic E-state index is 13.0. The number of aromatic nitrogens is 1. The Labute approximate surface area is 83.3 Å². The van der Waals surface area contributed by atoms with E-state index in [1.807, 2.05) is 6.92 Å². The lowest BCUT2D eigenvalue weighted by molar-refractivity contribution is 0.617. The third-order valence-electron chi connectivity index (χ3n) is 1.76. The average Bonchev–Trinajstić information content (AvgIpc) is 2.17. The molecule has 1 heterocycles. The van der Waals surface area contributed by atoms with E-state index in [4.69, 9.17) is 5.73 Å². The van der Waals surface area contributed by atoms with Crippen molar-refractivity contribution in [3.63, 3.8) is 0 Å². The third kappa shape index (κ3) is 3.15. The molecular formula is C11H13FN2. The second-order valence-electron chi connectivity index (χ2n) is 3.02. The van der Waals surface area contributed by atoms with Crippen molar-refractivity contribution in [1.82, 2.24) is 4.98 Å². The summed E-state index contributed by atoms with van der Waals surface area (Å²) in [6.07, 6.45) is 4.47. The fourth-order valence-electron chi connectivity index (χ4n) is 1.03. The SMILES string of the molecule is CCCC(N)C#Cc1ccncc1F. The molecule has 0 saturated carbocycles. The van der Waals surface area contributed by atoms with Gasteiger partial charge in [-0.1, -0.05) is 25.2 Å². The first-order valence-corrected chi connectivity index (χ1v) is 4.60. The molecule has 1 rings (SSSR count). The summed E-state index contributed by atoms with van der Waals surface area (Å²) in [5.41, 5.74) is 6.02. The zero-order valence-corrected chi connectivity index (χ0v) is 8.13. The second kappa shape index (κ2) is 5.36. The van der Waals surface area contributed by atoms with E-state index < -0.39 is 5.82 Å². The molecule has 1 aromatic heterocycles. The van der Waals surface area contributed by atoms with Gasteiger partial charge in [0.15, 0.2) is 5.82 Å². The molecule has 0 aromatic carbocycles. The van der Waals surface area contributed by atoms with Gasteiger partial charge in [0.1, 0.15) is 0 Å². The van der Waals surface area contributed by atoms with Crippen LogP contribution in [0.25, 0.3) is 0 Å². The number of halogens is 1. The Morgan fingerprint density at radius 3 is 3.07 bits per heavy atom. The Morgan fingerprint density at radius 1 is 1.64 bits per heavy atom. The van der Waals surface area contributed by atoms with E-state index in [9.17, 15) is 4.39 Å². The lowest BCUT2D eigenvalue weighted by Crippen LogP contribution is -2.16. The van der Waals surface area contributed by atoms with Crippen molar-refractivity contribution in [2.45, 2.75) is 25.8 Å². The van der Waals surface area contributed by atoms with Gasteiger partial charge < -0.3 is 5.73 Å². The zero-order chi connectivity index (χ0) is 10.4. The minimum Gasteiger partial charge on any atom is -0.318 e. The Kier molecular flexibility index (Phi) is 4.09. The fraction of sp³-hybridized carbons (Fsp3) is 0.364. The molecule has 3 heteroatoms. The average molecular weight is 192 g/mol. The Bertz CT molecular complexity index is 352. The van der Waals surface area contributed by atoms with Crippen molar-refractivity contribution in [2.24, 2.45) is 5.73 Å². The zero-order valence-electron chi connectivity index (χ0n) is 8.13. The number of pyridine rings is 1. The summed E-state index contributed by atoms with van der Waals surface area (Å²) in [7, 11) is 0. The molecule has 0 fully saturated rings. The Hall–Kier alpha value is -1.40. The number of rotatable bonds is 2. The van der Waals surface area contributed by atoms with E-state index in [-0.39, 0.29) is 6.04 Å². The highest BCUT2D eigenvalue weighted by Crippen LogP contribution is 2.02. The minimum atomic E-state index is -0.399. The molecule has 2 N–H and O–H groups in total. The molecule has 2 nitrogen and oxygen atoms in total. The summed E-state index contributed by atoms with van der Waals surface area (Å²) < 4.78 is 13.0. The Balaban J connectivity index is 2.72. The van der Waals surface area contributed by atoms with E-state index in [2.05, 4.69) is 16.8 Å². The van der Waals surface area contributed by atoms with Gasteiger partial charge in [-0.2, -0.15) is 0 Å². The molecule has 0 aliphatic carbocycles. The monoisotopic (exact) mass is 192 g/mol. The summed E-state index contributed by atoms with van der Waals surface area (Å²) in [5.74, 6) is 5.11. The predicted molar refractivity (Wildman–Crippen MR) is 54.0 cm³/mol. The summed E-state index contributed by atoms with van der Waals surface area (Å²) in [6, 6.07) is 1.37. The van der Waals surface area contributed by atoms with Crippen LogP contribution in [-0.2, 0) is 0 Å². The highest BCUT2D eigenvalue weighted by Gasteiger charge is 1.97. The lowest BCUT2D eigenvalue weighted by atomic mass is 10.1. The van der Waals surface area contributed by atoms with E-state index in [0.717, 1.165) is 19.0 Å². The summed E-state index contributed by atoms with van der Waals surface area (Å²) in [4.78, 5) is 3.63. The molecule has 14 heavy (non-hydrogen) atoms. The largest absolute Gasteiger partial charge is 0.318 e. The molecule has 0 aliphatic rings. The van der Waals surface area contributed by atoms with Gasteiger partial charge in [-0.25, -0.2) is 4.39 Å². The molecule has 74 valence electrons. The van der Waals surface area contributed by atoms with Gasteiger partial charge in [0.2, 0.25) is 0 Å². The van der Waals surface area contributed by atoms with E-state index in [0.29, 0.717) is 5.56 Å². The maximum Gasteiger partial charge on any atom is 0.157 e. The summed E-state index contributed by atoms with van der Waals surface area (Å²) in [5, 5.41) is 0. The van der Waals surface area contributed by atoms with Gasteiger partial charge in [0.05, 0.1) is 17.8 Å². The van der Waals surface area contributed by atoms with E-state index in [1.54, 1.807) is 6.07 Å².